The first kappa shape index (κ1) is 9.35. The zero-order chi connectivity index (χ0) is 10.4. The van der Waals surface area contributed by atoms with Crippen LogP contribution >= 0.6 is 22.6 Å². The topological polar surface area (TPSA) is 34.0 Å². The predicted octanol–water partition coefficient (Wildman–Crippen LogP) is 1.99. The molecule has 0 unspecified atom stereocenters. The Bertz CT molecular complexity index is 559. The Morgan fingerprint density at radius 2 is 2.13 bits per heavy atom. The summed E-state index contributed by atoms with van der Waals surface area (Å²) in [7, 11) is 0. The number of nitrogens with one attached hydrogen (secondary N) is 1. The minimum Gasteiger partial charge on any atom is -0.304 e. The SMILES string of the molecule is O=C1CNCc2ccc(I)c3ccn1c23. The van der Waals surface area contributed by atoms with Gasteiger partial charge in [0, 0.05) is 21.7 Å². The van der Waals surface area contributed by atoms with Crippen molar-refractivity contribution >= 4 is 39.4 Å². The molecule has 4 heteroatoms. The molecule has 15 heavy (non-hydrogen) atoms. The number of aromatic nitrogens is 1. The van der Waals surface area contributed by atoms with E-state index in [1.54, 1.807) is 4.57 Å². The van der Waals surface area contributed by atoms with Gasteiger partial charge >= 0.3 is 0 Å². The van der Waals surface area contributed by atoms with Gasteiger partial charge in [-0.15, -0.1) is 0 Å². The molecule has 0 spiro atoms. The van der Waals surface area contributed by atoms with E-state index in [1.807, 2.05) is 12.3 Å². The number of hydrogen-bond acceptors (Lipinski definition) is 2. The Balaban J connectivity index is 2.45. The van der Waals surface area contributed by atoms with Gasteiger partial charge in [0.05, 0.1) is 12.1 Å². The molecule has 1 N–H and O–H groups in total. The smallest absolute Gasteiger partial charge is 0.245 e. The van der Waals surface area contributed by atoms with Crippen LogP contribution < -0.4 is 5.32 Å². The lowest BCUT2D eigenvalue weighted by atomic mass is 10.1. The maximum atomic E-state index is 11.8. The quantitative estimate of drug-likeness (QED) is 0.755. The summed E-state index contributed by atoms with van der Waals surface area (Å²) < 4.78 is 2.95. The molecule has 0 radical (unpaired) electrons. The highest BCUT2D eigenvalue weighted by Gasteiger charge is 2.16. The van der Waals surface area contributed by atoms with Crippen molar-refractivity contribution in [2.24, 2.45) is 0 Å². The van der Waals surface area contributed by atoms with E-state index in [9.17, 15) is 4.79 Å². The molecule has 76 valence electrons. The molecule has 2 aromatic rings. The van der Waals surface area contributed by atoms with Gasteiger partial charge in [-0.05, 0) is 40.3 Å². The van der Waals surface area contributed by atoms with Crippen LogP contribution in [0.3, 0.4) is 0 Å². The van der Waals surface area contributed by atoms with Crippen LogP contribution in [-0.4, -0.2) is 17.0 Å². The van der Waals surface area contributed by atoms with Gasteiger partial charge in [0.25, 0.3) is 0 Å². The number of rotatable bonds is 0. The van der Waals surface area contributed by atoms with Crippen molar-refractivity contribution in [1.82, 2.24) is 9.88 Å². The number of hydrogen-bond donors (Lipinski definition) is 1. The summed E-state index contributed by atoms with van der Waals surface area (Å²) in [6.45, 7) is 1.18. The predicted molar refractivity (Wildman–Crippen MR) is 67.0 cm³/mol. The first-order valence-corrected chi connectivity index (χ1v) is 5.87. The number of benzene rings is 1. The van der Waals surface area contributed by atoms with Gasteiger partial charge < -0.3 is 5.32 Å². The molecule has 1 aliphatic heterocycles. The van der Waals surface area contributed by atoms with Crippen molar-refractivity contribution in [2.75, 3.05) is 6.54 Å². The second kappa shape index (κ2) is 3.31. The van der Waals surface area contributed by atoms with Gasteiger partial charge in [-0.3, -0.25) is 9.36 Å². The van der Waals surface area contributed by atoms with Crippen molar-refractivity contribution in [3.05, 3.63) is 33.5 Å². The van der Waals surface area contributed by atoms with Crippen molar-refractivity contribution in [1.29, 1.82) is 0 Å². The van der Waals surface area contributed by atoms with Crippen LogP contribution in [0.5, 0.6) is 0 Å². The van der Waals surface area contributed by atoms with E-state index in [-0.39, 0.29) is 5.91 Å². The van der Waals surface area contributed by atoms with Gasteiger partial charge in [-0.1, -0.05) is 6.07 Å². The van der Waals surface area contributed by atoms with Crippen LogP contribution in [0.4, 0.5) is 0 Å². The molecule has 0 saturated carbocycles. The first-order valence-electron chi connectivity index (χ1n) is 4.80. The Hall–Kier alpha value is -0.880. The summed E-state index contributed by atoms with van der Waals surface area (Å²) in [5, 5.41) is 4.31. The summed E-state index contributed by atoms with van der Waals surface area (Å²) in [6.07, 6.45) is 1.87. The highest BCUT2D eigenvalue weighted by molar-refractivity contribution is 14.1. The van der Waals surface area contributed by atoms with Gasteiger partial charge in [0.1, 0.15) is 0 Å². The third-order valence-electron chi connectivity index (χ3n) is 2.74. The maximum absolute atomic E-state index is 11.8. The molecule has 0 amide bonds. The summed E-state index contributed by atoms with van der Waals surface area (Å²) in [6, 6.07) is 6.20. The Kier molecular flexibility index (Phi) is 2.07. The molecular weight excluding hydrogens is 303 g/mol. The summed E-state index contributed by atoms with van der Waals surface area (Å²) in [4.78, 5) is 11.8. The minimum atomic E-state index is 0.116. The van der Waals surface area contributed by atoms with Gasteiger partial charge in [0.15, 0.2) is 0 Å². The molecule has 1 aliphatic rings. The Morgan fingerprint density at radius 3 is 3.00 bits per heavy atom. The highest BCUT2D eigenvalue weighted by atomic mass is 127. The summed E-state index contributed by atoms with van der Waals surface area (Å²) in [5.74, 6) is 0.116. The molecule has 1 aromatic heterocycles. The van der Waals surface area contributed by atoms with Crippen molar-refractivity contribution in [2.45, 2.75) is 6.54 Å². The van der Waals surface area contributed by atoms with Crippen LogP contribution in [0.25, 0.3) is 10.9 Å². The number of nitrogens with zero attached hydrogens (tertiary/aromatic N) is 1. The Morgan fingerprint density at radius 1 is 1.27 bits per heavy atom. The maximum Gasteiger partial charge on any atom is 0.245 e. The molecule has 3 nitrogen and oxygen atoms in total. The second-order valence-corrected chi connectivity index (χ2v) is 4.81. The van der Waals surface area contributed by atoms with Crippen molar-refractivity contribution in [3.63, 3.8) is 0 Å². The van der Waals surface area contributed by atoms with Crippen LogP contribution in [0, 0.1) is 3.57 Å². The van der Waals surface area contributed by atoms with Crippen LogP contribution in [0.1, 0.15) is 10.4 Å². The molecular formula is C11H9IN2O. The first-order chi connectivity index (χ1) is 7.27. The van der Waals surface area contributed by atoms with E-state index in [2.05, 4.69) is 40.0 Å². The molecule has 1 aromatic carbocycles. The number of halogens is 1. The van der Waals surface area contributed by atoms with Gasteiger partial charge in [-0.25, -0.2) is 0 Å². The van der Waals surface area contributed by atoms with Gasteiger partial charge in [-0.2, -0.15) is 0 Å². The van der Waals surface area contributed by atoms with E-state index in [0.717, 1.165) is 12.1 Å². The minimum absolute atomic E-state index is 0.116. The normalized spacial score (nSPS) is 15.7. The van der Waals surface area contributed by atoms with Gasteiger partial charge in [0.2, 0.25) is 5.91 Å². The zero-order valence-corrected chi connectivity index (χ0v) is 10.1. The monoisotopic (exact) mass is 312 g/mol. The van der Waals surface area contributed by atoms with E-state index in [4.69, 9.17) is 0 Å². The molecule has 0 aliphatic carbocycles. The average Bonchev–Trinajstić information content (AvgIpc) is 2.60. The molecule has 2 heterocycles. The van der Waals surface area contributed by atoms with E-state index < -0.39 is 0 Å². The molecule has 3 rings (SSSR count). The fourth-order valence-electron chi connectivity index (χ4n) is 2.03. The van der Waals surface area contributed by atoms with Crippen molar-refractivity contribution in [3.8, 4) is 0 Å². The molecule has 0 fully saturated rings. The molecule has 0 bridgehead atoms. The summed E-state index contributed by atoms with van der Waals surface area (Å²) >= 11 is 2.30. The second-order valence-electron chi connectivity index (χ2n) is 3.65. The van der Waals surface area contributed by atoms with Crippen LogP contribution in [-0.2, 0) is 6.54 Å². The largest absolute Gasteiger partial charge is 0.304 e. The average molecular weight is 312 g/mol. The van der Waals surface area contributed by atoms with E-state index >= 15 is 0 Å². The molecule has 0 atom stereocenters. The lowest BCUT2D eigenvalue weighted by Gasteiger charge is -2.03. The highest BCUT2D eigenvalue weighted by Crippen LogP contribution is 2.26. The third kappa shape index (κ3) is 1.32. The fourth-order valence-corrected chi connectivity index (χ4v) is 2.65. The third-order valence-corrected chi connectivity index (χ3v) is 3.68. The van der Waals surface area contributed by atoms with E-state index in [0.29, 0.717) is 6.54 Å². The van der Waals surface area contributed by atoms with Crippen LogP contribution in [0.15, 0.2) is 24.4 Å². The van der Waals surface area contributed by atoms with E-state index in [1.165, 1.54) is 14.5 Å². The lowest BCUT2D eigenvalue weighted by molar-refractivity contribution is 0.0920. The van der Waals surface area contributed by atoms with Crippen molar-refractivity contribution < 1.29 is 4.79 Å². The summed E-state index contributed by atoms with van der Waals surface area (Å²) in [5.41, 5.74) is 2.26. The molecule has 0 saturated heterocycles. The van der Waals surface area contributed by atoms with Crippen LogP contribution in [0.2, 0.25) is 0 Å². The fraction of sp³-hybridized carbons (Fsp3) is 0.182. The standard InChI is InChI=1S/C11H9IN2O/c12-9-2-1-7-5-13-6-10(15)14-4-3-8(9)11(7)14/h1-4,13H,5-6H2. The number of carbonyl (C=O) groups excluding carboxylic acids is 1. The lowest BCUT2D eigenvalue weighted by Crippen LogP contribution is -2.23. The Labute approximate surface area is 101 Å². The number of carbonyl (C=O) groups is 1. The zero-order valence-electron chi connectivity index (χ0n) is 7.96.